The highest BCUT2D eigenvalue weighted by Crippen LogP contribution is 2.24. The lowest BCUT2D eigenvalue weighted by molar-refractivity contribution is -0.121. The Morgan fingerprint density at radius 3 is 2.83 bits per heavy atom. The molecule has 2 heterocycles. The van der Waals surface area contributed by atoms with Crippen molar-refractivity contribution >= 4 is 40.4 Å². The number of halogens is 1. The second kappa shape index (κ2) is 7.36. The van der Waals surface area contributed by atoms with Crippen molar-refractivity contribution in [2.45, 2.75) is 32.2 Å². The smallest absolute Gasteiger partial charge is 0.264 e. The van der Waals surface area contributed by atoms with Gasteiger partial charge in [-0.25, -0.2) is 0 Å². The van der Waals surface area contributed by atoms with E-state index in [1.165, 1.54) is 11.3 Å². The van der Waals surface area contributed by atoms with Gasteiger partial charge >= 0.3 is 0 Å². The minimum absolute atomic E-state index is 0.0632. The van der Waals surface area contributed by atoms with Crippen molar-refractivity contribution in [2.75, 3.05) is 11.9 Å². The highest BCUT2D eigenvalue weighted by Gasteiger charge is 2.33. The van der Waals surface area contributed by atoms with E-state index < -0.39 is 6.04 Å². The molecule has 1 saturated heterocycles. The molecular formula is C18H19ClN2O2S. The van der Waals surface area contributed by atoms with Crippen molar-refractivity contribution in [1.82, 2.24) is 4.90 Å². The maximum atomic E-state index is 12.7. The Balaban J connectivity index is 1.75. The summed E-state index contributed by atoms with van der Waals surface area (Å²) in [5, 5.41) is 5.39. The predicted molar refractivity (Wildman–Crippen MR) is 97.8 cm³/mol. The third kappa shape index (κ3) is 3.62. The van der Waals surface area contributed by atoms with E-state index in [4.69, 9.17) is 11.6 Å². The van der Waals surface area contributed by atoms with Crippen molar-refractivity contribution in [3.63, 3.8) is 0 Å². The Bertz CT molecular complexity index is 745. The zero-order chi connectivity index (χ0) is 17.1. The molecule has 0 unspecified atom stereocenters. The Labute approximate surface area is 150 Å². The summed E-state index contributed by atoms with van der Waals surface area (Å²) in [6.45, 7) is 2.53. The summed E-state index contributed by atoms with van der Waals surface area (Å²) in [7, 11) is 0. The molecule has 0 spiro atoms. The summed E-state index contributed by atoms with van der Waals surface area (Å²) >= 11 is 7.52. The number of amides is 2. The topological polar surface area (TPSA) is 49.4 Å². The molecule has 0 bridgehead atoms. The molecule has 0 radical (unpaired) electrons. The Morgan fingerprint density at radius 1 is 1.29 bits per heavy atom. The maximum Gasteiger partial charge on any atom is 0.264 e. The van der Waals surface area contributed by atoms with Crippen molar-refractivity contribution in [2.24, 2.45) is 0 Å². The summed E-state index contributed by atoms with van der Waals surface area (Å²) in [6.07, 6.45) is 2.56. The van der Waals surface area contributed by atoms with E-state index >= 15 is 0 Å². The summed E-state index contributed by atoms with van der Waals surface area (Å²) in [5.41, 5.74) is 1.62. The summed E-state index contributed by atoms with van der Waals surface area (Å²) in [5.74, 6) is -0.216. The number of piperidine rings is 1. The lowest BCUT2D eigenvalue weighted by Crippen LogP contribution is -2.49. The molecule has 1 aliphatic heterocycles. The number of benzene rings is 1. The second-order valence-electron chi connectivity index (χ2n) is 5.94. The average molecular weight is 363 g/mol. The van der Waals surface area contributed by atoms with Crippen LogP contribution in [0.25, 0.3) is 0 Å². The van der Waals surface area contributed by atoms with E-state index in [2.05, 4.69) is 5.32 Å². The molecule has 1 N–H and O–H groups in total. The van der Waals surface area contributed by atoms with Crippen molar-refractivity contribution in [3.05, 3.63) is 51.2 Å². The van der Waals surface area contributed by atoms with Crippen LogP contribution >= 0.6 is 22.9 Å². The van der Waals surface area contributed by atoms with Crippen molar-refractivity contribution in [3.8, 4) is 0 Å². The zero-order valence-corrected chi connectivity index (χ0v) is 15.0. The highest BCUT2D eigenvalue weighted by molar-refractivity contribution is 7.12. The van der Waals surface area contributed by atoms with Crippen LogP contribution in [0.4, 0.5) is 5.69 Å². The molecule has 3 rings (SSSR count). The SMILES string of the molecule is Cc1ccc(NC(=O)[C@H]2CCCCN2C(=O)c2cccs2)cc1Cl. The van der Waals surface area contributed by atoms with Crippen molar-refractivity contribution < 1.29 is 9.59 Å². The lowest BCUT2D eigenvalue weighted by atomic mass is 10.0. The van der Waals surface area contributed by atoms with Gasteiger partial charge in [-0.3, -0.25) is 9.59 Å². The molecule has 1 aliphatic rings. The first-order valence-electron chi connectivity index (χ1n) is 7.98. The van der Waals surface area contributed by atoms with Gasteiger partial charge in [-0.1, -0.05) is 23.7 Å². The number of aryl methyl sites for hydroxylation is 1. The average Bonchev–Trinajstić information content (AvgIpc) is 3.12. The number of likely N-dealkylation sites (tertiary alicyclic amines) is 1. The number of carbonyl (C=O) groups excluding carboxylic acids is 2. The van der Waals surface area contributed by atoms with Gasteiger partial charge in [0.25, 0.3) is 5.91 Å². The van der Waals surface area contributed by atoms with E-state index in [0.29, 0.717) is 28.6 Å². The number of hydrogen-bond acceptors (Lipinski definition) is 3. The fourth-order valence-electron chi connectivity index (χ4n) is 2.89. The lowest BCUT2D eigenvalue weighted by Gasteiger charge is -2.34. The molecule has 0 saturated carbocycles. The number of thiophene rings is 1. The molecule has 2 amide bonds. The minimum Gasteiger partial charge on any atom is -0.326 e. The van der Waals surface area contributed by atoms with Gasteiger partial charge in [-0.2, -0.15) is 0 Å². The van der Waals surface area contributed by atoms with Crippen LogP contribution in [0.2, 0.25) is 5.02 Å². The number of anilines is 1. The quantitative estimate of drug-likeness (QED) is 0.882. The Kier molecular flexibility index (Phi) is 5.21. The van der Waals surface area contributed by atoms with E-state index in [1.807, 2.05) is 30.5 Å². The fourth-order valence-corrected chi connectivity index (χ4v) is 3.74. The van der Waals surface area contributed by atoms with Crippen LogP contribution < -0.4 is 5.32 Å². The zero-order valence-electron chi connectivity index (χ0n) is 13.4. The van der Waals surface area contributed by atoms with Crippen LogP contribution in [-0.2, 0) is 4.79 Å². The van der Waals surface area contributed by atoms with Crippen LogP contribution in [-0.4, -0.2) is 29.3 Å². The monoisotopic (exact) mass is 362 g/mol. The molecule has 6 heteroatoms. The Morgan fingerprint density at radius 2 is 2.12 bits per heavy atom. The summed E-state index contributed by atoms with van der Waals surface area (Å²) < 4.78 is 0. The summed E-state index contributed by atoms with van der Waals surface area (Å²) in [4.78, 5) is 27.7. The van der Waals surface area contributed by atoms with Crippen molar-refractivity contribution in [1.29, 1.82) is 0 Å². The van der Waals surface area contributed by atoms with Gasteiger partial charge in [-0.15, -0.1) is 11.3 Å². The minimum atomic E-state index is -0.437. The van der Waals surface area contributed by atoms with E-state index in [-0.39, 0.29) is 11.8 Å². The third-order valence-electron chi connectivity index (χ3n) is 4.24. The van der Waals surface area contributed by atoms with E-state index in [1.54, 1.807) is 17.0 Å². The van der Waals surface area contributed by atoms with Gasteiger partial charge in [0.1, 0.15) is 6.04 Å². The molecule has 126 valence electrons. The molecule has 1 atom stereocenters. The molecule has 1 aromatic heterocycles. The largest absolute Gasteiger partial charge is 0.326 e. The van der Waals surface area contributed by atoms with Gasteiger partial charge in [0, 0.05) is 17.3 Å². The normalized spacial score (nSPS) is 17.6. The number of carbonyl (C=O) groups is 2. The van der Waals surface area contributed by atoms with Gasteiger partial charge in [0.2, 0.25) is 5.91 Å². The van der Waals surface area contributed by atoms with E-state index in [9.17, 15) is 9.59 Å². The molecular weight excluding hydrogens is 344 g/mol. The second-order valence-corrected chi connectivity index (χ2v) is 7.30. The van der Waals surface area contributed by atoms with Gasteiger partial charge in [-0.05, 0) is 55.3 Å². The third-order valence-corrected chi connectivity index (χ3v) is 5.50. The number of rotatable bonds is 3. The van der Waals surface area contributed by atoms with Gasteiger partial charge in [0.15, 0.2) is 0 Å². The maximum absolute atomic E-state index is 12.7. The molecule has 2 aromatic rings. The van der Waals surface area contributed by atoms with Gasteiger partial charge < -0.3 is 10.2 Å². The molecule has 4 nitrogen and oxygen atoms in total. The van der Waals surface area contributed by atoms with Crippen LogP contribution in [0, 0.1) is 6.92 Å². The predicted octanol–water partition coefficient (Wildman–Crippen LogP) is 4.34. The highest BCUT2D eigenvalue weighted by atomic mass is 35.5. The number of nitrogens with zero attached hydrogens (tertiary/aromatic N) is 1. The standard InChI is InChI=1S/C18H19ClN2O2S/c1-12-7-8-13(11-14(12)19)20-17(22)15-5-2-3-9-21(15)18(23)16-6-4-10-24-16/h4,6-8,10-11,15H,2-3,5,9H2,1H3,(H,20,22)/t15-/m1/s1. The first kappa shape index (κ1) is 17.0. The molecule has 1 aromatic carbocycles. The Hall–Kier alpha value is -1.85. The van der Waals surface area contributed by atoms with Gasteiger partial charge in [0.05, 0.1) is 4.88 Å². The first-order chi connectivity index (χ1) is 11.6. The summed E-state index contributed by atoms with van der Waals surface area (Å²) in [6, 6.07) is 8.65. The molecule has 0 aliphatic carbocycles. The van der Waals surface area contributed by atoms with E-state index in [0.717, 1.165) is 18.4 Å². The van der Waals surface area contributed by atoms with Crippen LogP contribution in [0.3, 0.4) is 0 Å². The molecule has 1 fully saturated rings. The first-order valence-corrected chi connectivity index (χ1v) is 9.23. The van der Waals surface area contributed by atoms with Crippen LogP contribution in [0.1, 0.15) is 34.5 Å². The number of hydrogen-bond donors (Lipinski definition) is 1. The van der Waals surface area contributed by atoms with Crippen LogP contribution in [0.5, 0.6) is 0 Å². The number of nitrogens with one attached hydrogen (secondary N) is 1. The fraction of sp³-hybridized carbons (Fsp3) is 0.333. The molecule has 24 heavy (non-hydrogen) atoms. The van der Waals surface area contributed by atoms with Crippen LogP contribution in [0.15, 0.2) is 35.7 Å².